The largest absolute Gasteiger partial charge is 0.508 e. The minimum absolute atomic E-state index is 0. The molecule has 0 amide bonds. The molecular weight excluding hydrogens is 690 g/mol. The molecule has 0 saturated carbocycles. The first kappa shape index (κ1) is 40.4. The smallest absolute Gasteiger partial charge is 0.269 e. The maximum Gasteiger partial charge on any atom is 0.269 e. The number of hydrogen-bond donors (Lipinski definition) is 4. The first-order chi connectivity index (χ1) is 18.2. The van der Waals surface area contributed by atoms with E-state index in [2.05, 4.69) is 0 Å². The molecular formula is C30H48BaO8S2. The van der Waals surface area contributed by atoms with Gasteiger partial charge in [0.15, 0.2) is 0 Å². The van der Waals surface area contributed by atoms with E-state index in [1.807, 2.05) is 55.4 Å². The van der Waals surface area contributed by atoms with Crippen LogP contribution in [0, 0.1) is 23.7 Å². The predicted molar refractivity (Wildman–Crippen MR) is 167 cm³/mol. The van der Waals surface area contributed by atoms with Gasteiger partial charge in [-0.15, -0.1) is 0 Å². The number of phenols is 2. The molecule has 0 heterocycles. The summed E-state index contributed by atoms with van der Waals surface area (Å²) in [6.07, 6.45) is 2.74. The zero-order valence-electron chi connectivity index (χ0n) is 25.8. The predicted octanol–water partition coefficient (Wildman–Crippen LogP) is 5.97. The number of rotatable bonds is 12. The van der Waals surface area contributed by atoms with E-state index in [0.29, 0.717) is 60.5 Å². The molecule has 0 aliphatic carbocycles. The van der Waals surface area contributed by atoms with E-state index >= 15 is 0 Å². The van der Waals surface area contributed by atoms with E-state index in [9.17, 15) is 27.0 Å². The van der Waals surface area contributed by atoms with Crippen LogP contribution in [0.2, 0.25) is 0 Å². The Morgan fingerprint density at radius 3 is 0.976 bits per heavy atom. The van der Waals surface area contributed by atoms with E-state index in [0.717, 1.165) is 22.3 Å². The molecule has 0 spiro atoms. The fraction of sp³-hybridized carbons (Fsp3) is 0.600. The molecule has 0 aromatic heterocycles. The van der Waals surface area contributed by atoms with Crippen LogP contribution in [0.4, 0.5) is 0 Å². The quantitative estimate of drug-likeness (QED) is 0.154. The molecule has 0 aliphatic rings. The molecule has 0 aliphatic heterocycles. The minimum Gasteiger partial charge on any atom is -0.508 e. The summed E-state index contributed by atoms with van der Waals surface area (Å²) in [5.74, 6) is 0.981. The van der Waals surface area contributed by atoms with Gasteiger partial charge in [0.25, 0.3) is 20.2 Å². The topological polar surface area (TPSA) is 149 Å². The Morgan fingerprint density at radius 1 is 0.512 bits per heavy atom. The summed E-state index contributed by atoms with van der Waals surface area (Å²) in [6, 6.07) is 6.21. The molecule has 8 nitrogen and oxygen atoms in total. The van der Waals surface area contributed by atoms with Crippen LogP contribution >= 0.6 is 0 Å². The third-order valence-electron chi connectivity index (χ3n) is 6.13. The van der Waals surface area contributed by atoms with Crippen molar-refractivity contribution in [1.82, 2.24) is 0 Å². The Balaban J connectivity index is 0.000000762. The fourth-order valence-electron chi connectivity index (χ4n) is 4.72. The van der Waals surface area contributed by atoms with Gasteiger partial charge in [-0.25, -0.2) is 0 Å². The molecule has 4 N–H and O–H groups in total. The van der Waals surface area contributed by atoms with Gasteiger partial charge < -0.3 is 10.2 Å². The molecule has 2 rings (SSSR count). The third-order valence-corrected chi connectivity index (χ3v) is 7.48. The summed E-state index contributed by atoms with van der Waals surface area (Å²) in [6.45, 7) is 16.4. The van der Waals surface area contributed by atoms with Crippen molar-refractivity contribution in [2.45, 2.75) is 92.6 Å². The average Bonchev–Trinajstić information content (AvgIpc) is 2.75. The monoisotopic (exact) mass is 738 g/mol. The second kappa shape index (κ2) is 17.7. The molecule has 41 heavy (non-hydrogen) atoms. The second-order valence-electron chi connectivity index (χ2n) is 12.2. The Morgan fingerprint density at radius 2 is 0.756 bits per heavy atom. The number of phenolic OH excluding ortho intramolecular Hbond substituents is 2. The summed E-state index contributed by atoms with van der Waals surface area (Å²) in [5, 5.41) is 20.1. The summed E-state index contributed by atoms with van der Waals surface area (Å²) >= 11 is 0. The van der Waals surface area contributed by atoms with Crippen LogP contribution < -0.4 is 0 Å². The van der Waals surface area contributed by atoms with E-state index in [1.165, 1.54) is 12.1 Å². The van der Waals surface area contributed by atoms with Crippen molar-refractivity contribution < 1.29 is 36.2 Å². The van der Waals surface area contributed by atoms with E-state index < -0.39 is 31.7 Å². The number of benzene rings is 2. The van der Waals surface area contributed by atoms with Gasteiger partial charge in [0.05, 0.1) is 0 Å². The Labute approximate surface area is 287 Å². The van der Waals surface area contributed by atoms with E-state index in [4.69, 9.17) is 9.11 Å². The van der Waals surface area contributed by atoms with Gasteiger partial charge >= 0.3 is 0 Å². The molecule has 0 saturated heterocycles. The first-order valence-corrected chi connectivity index (χ1v) is 17.0. The molecule has 0 unspecified atom stereocenters. The van der Waals surface area contributed by atoms with Crippen LogP contribution in [-0.2, 0) is 57.4 Å². The first-order valence-electron chi connectivity index (χ1n) is 13.8. The van der Waals surface area contributed by atoms with Crippen molar-refractivity contribution in [2.75, 3.05) is 0 Å². The molecule has 2 radical (unpaired) electrons. The van der Waals surface area contributed by atoms with Crippen LogP contribution in [0.25, 0.3) is 0 Å². The average molecular weight is 738 g/mol. The molecule has 2 aromatic carbocycles. The van der Waals surface area contributed by atoms with Crippen molar-refractivity contribution in [3.8, 4) is 11.5 Å². The van der Waals surface area contributed by atoms with Crippen molar-refractivity contribution in [3.63, 3.8) is 0 Å². The summed E-state index contributed by atoms with van der Waals surface area (Å²) in [7, 11) is -8.15. The van der Waals surface area contributed by atoms with Gasteiger partial charge in [-0.3, -0.25) is 9.11 Å². The third kappa shape index (κ3) is 15.6. The summed E-state index contributed by atoms with van der Waals surface area (Å²) < 4.78 is 62.8. The molecule has 2 aromatic rings. The molecule has 0 bridgehead atoms. The van der Waals surface area contributed by atoms with Crippen LogP contribution in [0.5, 0.6) is 11.5 Å². The van der Waals surface area contributed by atoms with E-state index in [1.54, 1.807) is 12.1 Å². The normalized spacial score (nSPS) is 12.0. The van der Waals surface area contributed by atoms with Gasteiger partial charge in [-0.2, -0.15) is 16.8 Å². The maximum atomic E-state index is 11.2. The SMILES string of the molecule is CC(C)Cc1c(O)ccc(CS(=O)(=O)O)c1CC(C)C.CC(C)Cc1c(O)ccc(CS(=O)(=O)O)c1CC(C)C.[Ba]. The summed E-state index contributed by atoms with van der Waals surface area (Å²) in [5.41, 5.74) is 4.46. The molecule has 0 atom stereocenters. The fourth-order valence-corrected chi connectivity index (χ4v) is 6.05. The summed E-state index contributed by atoms with van der Waals surface area (Å²) in [4.78, 5) is 0. The molecule has 0 fully saturated rings. The zero-order valence-corrected chi connectivity index (χ0v) is 31.9. The van der Waals surface area contributed by atoms with Crippen molar-refractivity contribution in [1.29, 1.82) is 0 Å². The van der Waals surface area contributed by atoms with Gasteiger partial charge in [0, 0.05) is 48.9 Å². The molecule has 11 heteroatoms. The van der Waals surface area contributed by atoms with E-state index in [-0.39, 0.29) is 60.4 Å². The van der Waals surface area contributed by atoms with Crippen molar-refractivity contribution in [3.05, 3.63) is 57.6 Å². The zero-order chi connectivity index (χ0) is 31.0. The maximum absolute atomic E-state index is 11.2. The van der Waals surface area contributed by atoms with Crippen LogP contribution in [0.15, 0.2) is 24.3 Å². The van der Waals surface area contributed by atoms with Gasteiger partial charge in [0.1, 0.15) is 23.0 Å². The molecule has 230 valence electrons. The Hall–Kier alpha value is -0.569. The van der Waals surface area contributed by atoms with Gasteiger partial charge in [-0.1, -0.05) is 67.5 Å². The minimum atomic E-state index is -4.08. The Bertz CT molecular complexity index is 1230. The van der Waals surface area contributed by atoms with Crippen molar-refractivity contribution in [2.24, 2.45) is 23.7 Å². The number of aromatic hydroxyl groups is 2. The van der Waals surface area contributed by atoms with Crippen LogP contribution in [0.3, 0.4) is 0 Å². The van der Waals surface area contributed by atoms with Gasteiger partial charge in [-0.05, 0) is 94.9 Å². The standard InChI is InChI=1S/2C15H24O4S.Ba/c2*1-10(2)7-13-12(9-20(17,18)19)5-6-15(16)14(13)8-11(3)4;/h2*5-6,10-11,16H,7-9H2,1-4H3,(H,17,18,19);. The second-order valence-corrected chi connectivity index (χ2v) is 15.2. The van der Waals surface area contributed by atoms with Crippen LogP contribution in [-0.4, -0.2) is 85.0 Å². The Kier molecular flexibility index (Phi) is 17.4. The van der Waals surface area contributed by atoms with Crippen molar-refractivity contribution >= 4 is 69.1 Å². The number of hydrogen-bond acceptors (Lipinski definition) is 6. The van der Waals surface area contributed by atoms with Gasteiger partial charge in [0.2, 0.25) is 0 Å². The van der Waals surface area contributed by atoms with Crippen LogP contribution in [0.1, 0.15) is 88.8 Å².